The molecule has 1 aromatic rings. The van der Waals surface area contributed by atoms with Gasteiger partial charge in [-0.3, -0.25) is 9.88 Å². The fourth-order valence-electron chi connectivity index (χ4n) is 2.15. The summed E-state index contributed by atoms with van der Waals surface area (Å²) in [6, 6.07) is 0.305. The quantitative estimate of drug-likeness (QED) is 0.787. The fourth-order valence-corrected chi connectivity index (χ4v) is 2.15. The monoisotopic (exact) mass is 281 g/mol. The summed E-state index contributed by atoms with van der Waals surface area (Å²) in [5, 5.41) is 0. The number of aryl methyl sites for hydroxylation is 1. The van der Waals surface area contributed by atoms with Gasteiger partial charge in [0, 0.05) is 45.2 Å². The number of hydrogen-bond acceptors (Lipinski definition) is 5. The van der Waals surface area contributed by atoms with Crippen molar-refractivity contribution in [1.29, 1.82) is 0 Å². The molecule has 0 spiro atoms. The number of hydrogen-bond donors (Lipinski definition) is 1. The van der Waals surface area contributed by atoms with Gasteiger partial charge in [-0.1, -0.05) is 0 Å². The number of methoxy groups -OCH3 is 2. The fraction of sp³-hybridized carbons (Fsp3) is 0.667. The molecule has 0 aliphatic carbocycles. The van der Waals surface area contributed by atoms with Crippen molar-refractivity contribution < 1.29 is 9.47 Å². The summed E-state index contributed by atoms with van der Waals surface area (Å²) in [7, 11) is 3.44. The van der Waals surface area contributed by atoms with Crippen LogP contribution >= 0.6 is 0 Å². The average Bonchev–Trinajstić information content (AvgIpc) is 2.43. The maximum atomic E-state index is 6.09. The molecule has 20 heavy (non-hydrogen) atoms. The smallest absolute Gasteiger partial charge is 0.0615 e. The van der Waals surface area contributed by atoms with Crippen LogP contribution in [0.4, 0.5) is 5.69 Å². The van der Waals surface area contributed by atoms with Crippen LogP contribution in [0.1, 0.15) is 23.7 Å². The highest BCUT2D eigenvalue weighted by atomic mass is 16.5. The highest BCUT2D eigenvalue weighted by molar-refractivity contribution is 5.53. The van der Waals surface area contributed by atoms with Crippen LogP contribution in [0.5, 0.6) is 0 Å². The van der Waals surface area contributed by atoms with E-state index < -0.39 is 0 Å². The zero-order valence-corrected chi connectivity index (χ0v) is 13.3. The largest absolute Gasteiger partial charge is 0.398 e. The van der Waals surface area contributed by atoms with Gasteiger partial charge in [-0.2, -0.15) is 0 Å². The Morgan fingerprint density at radius 2 is 2.00 bits per heavy atom. The van der Waals surface area contributed by atoms with Crippen LogP contribution in [0.15, 0.2) is 6.20 Å². The van der Waals surface area contributed by atoms with Gasteiger partial charge in [0.25, 0.3) is 0 Å². The summed E-state index contributed by atoms with van der Waals surface area (Å²) in [6.07, 6.45) is 1.84. The van der Waals surface area contributed by atoms with Crippen LogP contribution in [-0.4, -0.2) is 49.9 Å². The Bertz CT molecular complexity index is 424. The third kappa shape index (κ3) is 4.44. The van der Waals surface area contributed by atoms with E-state index in [9.17, 15) is 0 Å². The Morgan fingerprint density at radius 3 is 2.60 bits per heavy atom. The van der Waals surface area contributed by atoms with E-state index in [2.05, 4.69) is 16.8 Å². The summed E-state index contributed by atoms with van der Waals surface area (Å²) in [5.74, 6) is 0. The third-order valence-electron chi connectivity index (χ3n) is 3.64. The number of aromatic nitrogens is 1. The molecule has 1 heterocycles. The molecule has 0 saturated carbocycles. The van der Waals surface area contributed by atoms with Gasteiger partial charge >= 0.3 is 0 Å². The van der Waals surface area contributed by atoms with Gasteiger partial charge in [0.1, 0.15) is 0 Å². The molecule has 0 saturated heterocycles. The van der Waals surface area contributed by atoms with E-state index in [1.807, 2.05) is 20.0 Å². The first kappa shape index (κ1) is 16.9. The minimum absolute atomic E-state index is 0.305. The van der Waals surface area contributed by atoms with E-state index in [0.29, 0.717) is 19.3 Å². The zero-order valence-electron chi connectivity index (χ0n) is 13.3. The van der Waals surface area contributed by atoms with Crippen molar-refractivity contribution in [3.63, 3.8) is 0 Å². The van der Waals surface area contributed by atoms with Crippen LogP contribution in [0.2, 0.25) is 0 Å². The summed E-state index contributed by atoms with van der Waals surface area (Å²) in [5.41, 5.74) is 10.0. The van der Waals surface area contributed by atoms with Gasteiger partial charge in [-0.25, -0.2) is 0 Å². The molecule has 0 amide bonds. The molecule has 2 N–H and O–H groups in total. The van der Waals surface area contributed by atoms with Gasteiger partial charge in [0.15, 0.2) is 0 Å². The summed E-state index contributed by atoms with van der Waals surface area (Å²) in [6.45, 7) is 9.13. The van der Waals surface area contributed by atoms with Gasteiger partial charge in [-0.15, -0.1) is 0 Å². The van der Waals surface area contributed by atoms with Crippen molar-refractivity contribution in [2.24, 2.45) is 0 Å². The Hall–Kier alpha value is -1.17. The van der Waals surface area contributed by atoms with Crippen molar-refractivity contribution in [2.75, 3.05) is 39.7 Å². The summed E-state index contributed by atoms with van der Waals surface area (Å²) < 4.78 is 10.4. The van der Waals surface area contributed by atoms with Crippen LogP contribution in [0, 0.1) is 13.8 Å². The average molecular weight is 281 g/mol. The van der Waals surface area contributed by atoms with Crippen LogP contribution in [0.3, 0.4) is 0 Å². The molecule has 0 fully saturated rings. The van der Waals surface area contributed by atoms with Gasteiger partial charge in [-0.05, 0) is 31.9 Å². The van der Waals surface area contributed by atoms with Gasteiger partial charge in [0.05, 0.1) is 18.9 Å². The molecule has 0 aliphatic heterocycles. The lowest BCUT2D eigenvalue weighted by Gasteiger charge is -2.28. The van der Waals surface area contributed by atoms with Crippen molar-refractivity contribution >= 4 is 5.69 Å². The molecular formula is C15H27N3O2. The second kappa shape index (κ2) is 8.19. The van der Waals surface area contributed by atoms with E-state index >= 15 is 0 Å². The number of nitrogens with two attached hydrogens (primary N) is 1. The third-order valence-corrected chi connectivity index (χ3v) is 3.64. The first-order chi connectivity index (χ1) is 9.51. The number of pyridine rings is 1. The minimum Gasteiger partial charge on any atom is -0.398 e. The maximum absolute atomic E-state index is 6.09. The maximum Gasteiger partial charge on any atom is 0.0615 e. The Morgan fingerprint density at radius 1 is 1.30 bits per heavy atom. The number of nitrogen functional groups attached to an aromatic ring is 1. The molecule has 1 unspecified atom stereocenters. The molecule has 5 nitrogen and oxygen atoms in total. The lowest BCUT2D eigenvalue weighted by Crippen LogP contribution is -2.38. The van der Waals surface area contributed by atoms with Crippen molar-refractivity contribution in [3.05, 3.63) is 23.0 Å². The molecule has 1 aromatic heterocycles. The van der Waals surface area contributed by atoms with E-state index in [-0.39, 0.29) is 0 Å². The van der Waals surface area contributed by atoms with Gasteiger partial charge < -0.3 is 15.2 Å². The second-order valence-electron chi connectivity index (χ2n) is 5.19. The predicted octanol–water partition coefficient (Wildman–Crippen LogP) is 1.76. The molecule has 1 rings (SSSR count). The Kier molecular flexibility index (Phi) is 6.91. The normalized spacial score (nSPS) is 12.9. The highest BCUT2D eigenvalue weighted by Crippen LogP contribution is 2.19. The molecule has 0 radical (unpaired) electrons. The standard InChI is InChI=1S/C15H27N3O2/c1-11-8-17-14(13(3)15(11)16)9-18(6-7-19-4)12(2)10-20-5/h8,12H,6-7,9-10H2,1-5H3,(H2,16,17). The lowest BCUT2D eigenvalue weighted by atomic mass is 10.1. The number of ether oxygens (including phenoxy) is 2. The van der Waals surface area contributed by atoms with Crippen LogP contribution in [-0.2, 0) is 16.0 Å². The number of anilines is 1. The molecule has 0 bridgehead atoms. The SMILES string of the molecule is COCCN(Cc1ncc(C)c(N)c1C)C(C)COC. The molecule has 5 heteroatoms. The van der Waals surface area contributed by atoms with Crippen molar-refractivity contribution in [3.8, 4) is 0 Å². The van der Waals surface area contributed by atoms with E-state index in [4.69, 9.17) is 15.2 Å². The first-order valence-electron chi connectivity index (χ1n) is 6.93. The van der Waals surface area contributed by atoms with Crippen molar-refractivity contribution in [2.45, 2.75) is 33.4 Å². The Balaban J connectivity index is 2.85. The van der Waals surface area contributed by atoms with Crippen molar-refractivity contribution in [1.82, 2.24) is 9.88 Å². The predicted molar refractivity (Wildman–Crippen MR) is 81.7 cm³/mol. The molecule has 114 valence electrons. The highest BCUT2D eigenvalue weighted by Gasteiger charge is 2.16. The number of rotatable bonds is 8. The summed E-state index contributed by atoms with van der Waals surface area (Å²) >= 11 is 0. The molecular weight excluding hydrogens is 254 g/mol. The van der Waals surface area contributed by atoms with E-state index in [0.717, 1.165) is 35.6 Å². The van der Waals surface area contributed by atoms with E-state index in [1.165, 1.54) is 0 Å². The molecule has 1 atom stereocenters. The topological polar surface area (TPSA) is 60.6 Å². The Labute approximate surface area is 122 Å². The second-order valence-corrected chi connectivity index (χ2v) is 5.19. The molecule has 0 aliphatic rings. The molecule has 0 aromatic carbocycles. The van der Waals surface area contributed by atoms with Crippen LogP contribution < -0.4 is 5.73 Å². The zero-order chi connectivity index (χ0) is 15.1. The summed E-state index contributed by atoms with van der Waals surface area (Å²) in [4.78, 5) is 6.83. The van der Waals surface area contributed by atoms with E-state index in [1.54, 1.807) is 14.2 Å². The number of nitrogens with zero attached hydrogens (tertiary/aromatic N) is 2. The van der Waals surface area contributed by atoms with Gasteiger partial charge in [0.2, 0.25) is 0 Å². The lowest BCUT2D eigenvalue weighted by molar-refractivity contribution is 0.0696. The first-order valence-corrected chi connectivity index (χ1v) is 6.93. The van der Waals surface area contributed by atoms with Crippen LogP contribution in [0.25, 0.3) is 0 Å². The minimum atomic E-state index is 0.305.